The minimum atomic E-state index is -1.10. The van der Waals surface area contributed by atoms with Crippen molar-refractivity contribution in [2.45, 2.75) is 0 Å². The lowest BCUT2D eigenvalue weighted by molar-refractivity contribution is 0.0698. The summed E-state index contributed by atoms with van der Waals surface area (Å²) in [5.41, 5.74) is 7.42. The zero-order chi connectivity index (χ0) is 16.6. The molecule has 8 heteroatoms. The maximum absolute atomic E-state index is 11.5. The van der Waals surface area contributed by atoms with Crippen molar-refractivity contribution >= 4 is 35.1 Å². The van der Waals surface area contributed by atoms with E-state index in [4.69, 9.17) is 28.9 Å². The summed E-state index contributed by atoms with van der Waals surface area (Å²) < 4.78 is 0. The van der Waals surface area contributed by atoms with Crippen molar-refractivity contribution < 1.29 is 9.90 Å². The van der Waals surface area contributed by atoms with E-state index in [1.54, 1.807) is 24.3 Å². The Hall–Kier alpha value is -2.57. The van der Waals surface area contributed by atoms with Crippen LogP contribution in [0.1, 0.15) is 10.4 Å². The summed E-state index contributed by atoms with van der Waals surface area (Å²) in [7, 11) is 0. The van der Waals surface area contributed by atoms with Crippen LogP contribution in [-0.4, -0.2) is 26.0 Å². The number of carboxylic acid groups (broad SMARTS) is 1. The van der Waals surface area contributed by atoms with Gasteiger partial charge in [-0.2, -0.15) is 0 Å². The van der Waals surface area contributed by atoms with Gasteiger partial charge in [-0.1, -0.05) is 35.3 Å². The highest BCUT2D eigenvalue weighted by Crippen LogP contribution is 2.36. The molecule has 2 heterocycles. The number of nitrogens with one attached hydrogen (secondary N) is 1. The lowest BCUT2D eigenvalue weighted by Crippen LogP contribution is -1.97. The second-order valence-electron chi connectivity index (χ2n) is 4.68. The highest BCUT2D eigenvalue weighted by molar-refractivity contribution is 6.43. The van der Waals surface area contributed by atoms with Crippen molar-refractivity contribution in [2.24, 2.45) is 0 Å². The number of benzene rings is 1. The van der Waals surface area contributed by atoms with Crippen molar-refractivity contribution in [3.63, 3.8) is 0 Å². The van der Waals surface area contributed by atoms with Gasteiger partial charge in [0, 0.05) is 11.8 Å². The van der Waals surface area contributed by atoms with Crippen LogP contribution in [-0.2, 0) is 0 Å². The maximum Gasteiger partial charge on any atom is 0.337 e. The van der Waals surface area contributed by atoms with Gasteiger partial charge in [0.2, 0.25) is 5.95 Å². The van der Waals surface area contributed by atoms with Crippen LogP contribution >= 0.6 is 23.2 Å². The number of nitrogen functional groups attached to an aromatic ring is 1. The number of nitrogens with two attached hydrogens (primary N) is 1. The third-order valence-corrected chi connectivity index (χ3v) is 4.04. The normalized spacial score (nSPS) is 10.7. The number of anilines is 1. The first kappa shape index (κ1) is 15.3. The molecule has 116 valence electrons. The highest BCUT2D eigenvalue weighted by Gasteiger charge is 2.20. The molecule has 0 aliphatic carbocycles. The van der Waals surface area contributed by atoms with Gasteiger partial charge in [-0.05, 0) is 18.2 Å². The van der Waals surface area contributed by atoms with Crippen molar-refractivity contribution in [3.8, 4) is 22.6 Å². The molecule has 6 nitrogen and oxygen atoms in total. The first-order valence-corrected chi connectivity index (χ1v) is 7.22. The Morgan fingerprint density at radius 2 is 2.04 bits per heavy atom. The molecule has 0 amide bonds. The standard InChI is InChI=1S/C15H10Cl2N4O2/c16-9-3-1-2-7(12(9)17)13-8(14(22)23)6-11(20-13)10-4-5-19-15(18)21-10/h1-6,20H,(H,22,23)(H2,18,19,21). The topological polar surface area (TPSA) is 105 Å². The number of hydrogen-bond donors (Lipinski definition) is 3. The van der Waals surface area contributed by atoms with Crippen LogP contribution in [0.3, 0.4) is 0 Å². The third-order valence-electron chi connectivity index (χ3n) is 3.22. The van der Waals surface area contributed by atoms with Crippen LogP contribution in [0.25, 0.3) is 22.6 Å². The van der Waals surface area contributed by atoms with Crippen molar-refractivity contribution in [3.05, 3.63) is 52.1 Å². The monoisotopic (exact) mass is 348 g/mol. The Kier molecular flexibility index (Phi) is 3.94. The summed E-state index contributed by atoms with van der Waals surface area (Å²) in [6.07, 6.45) is 1.49. The smallest absolute Gasteiger partial charge is 0.337 e. The number of H-pyrrole nitrogens is 1. The molecule has 3 aromatic rings. The van der Waals surface area contributed by atoms with Gasteiger partial charge in [0.1, 0.15) is 0 Å². The molecule has 0 aliphatic rings. The van der Waals surface area contributed by atoms with E-state index in [-0.39, 0.29) is 16.5 Å². The fourth-order valence-electron chi connectivity index (χ4n) is 2.19. The van der Waals surface area contributed by atoms with E-state index in [1.807, 2.05) is 0 Å². The quantitative estimate of drug-likeness (QED) is 0.668. The zero-order valence-corrected chi connectivity index (χ0v) is 13.1. The van der Waals surface area contributed by atoms with Crippen molar-refractivity contribution in [2.75, 3.05) is 5.73 Å². The molecule has 0 fully saturated rings. The van der Waals surface area contributed by atoms with E-state index in [2.05, 4.69) is 15.0 Å². The molecular weight excluding hydrogens is 339 g/mol. The molecular formula is C15H10Cl2N4O2. The largest absolute Gasteiger partial charge is 0.478 e. The van der Waals surface area contributed by atoms with E-state index in [0.29, 0.717) is 27.7 Å². The summed E-state index contributed by atoms with van der Waals surface area (Å²) in [5, 5.41) is 10.1. The molecule has 1 aromatic carbocycles. The second-order valence-corrected chi connectivity index (χ2v) is 5.46. The Bertz CT molecular complexity index is 908. The predicted molar refractivity (Wildman–Crippen MR) is 88.6 cm³/mol. The summed E-state index contributed by atoms with van der Waals surface area (Å²) in [6, 6.07) is 8.10. The van der Waals surface area contributed by atoms with Crippen LogP contribution in [0, 0.1) is 0 Å². The molecule has 3 rings (SSSR count). The van der Waals surface area contributed by atoms with Gasteiger partial charge in [-0.3, -0.25) is 0 Å². The van der Waals surface area contributed by atoms with Gasteiger partial charge >= 0.3 is 5.97 Å². The average Bonchev–Trinajstić information content (AvgIpc) is 2.95. The number of rotatable bonds is 3. The van der Waals surface area contributed by atoms with Gasteiger partial charge in [-0.25, -0.2) is 14.8 Å². The maximum atomic E-state index is 11.5. The van der Waals surface area contributed by atoms with Crippen LogP contribution in [0.2, 0.25) is 10.0 Å². The van der Waals surface area contributed by atoms with Gasteiger partial charge in [-0.15, -0.1) is 0 Å². The first-order chi connectivity index (χ1) is 11.0. The Morgan fingerprint density at radius 3 is 2.74 bits per heavy atom. The number of hydrogen-bond acceptors (Lipinski definition) is 4. The number of aromatic nitrogens is 3. The number of carbonyl (C=O) groups is 1. The van der Waals surface area contributed by atoms with Gasteiger partial charge in [0.25, 0.3) is 0 Å². The molecule has 0 atom stereocenters. The van der Waals surface area contributed by atoms with E-state index < -0.39 is 5.97 Å². The van der Waals surface area contributed by atoms with Gasteiger partial charge in [0.05, 0.1) is 32.7 Å². The number of nitrogens with zero attached hydrogens (tertiary/aromatic N) is 2. The van der Waals surface area contributed by atoms with E-state index in [9.17, 15) is 9.90 Å². The van der Waals surface area contributed by atoms with Crippen molar-refractivity contribution in [1.82, 2.24) is 15.0 Å². The minimum Gasteiger partial charge on any atom is -0.478 e. The van der Waals surface area contributed by atoms with Gasteiger partial charge in [0.15, 0.2) is 0 Å². The Labute approximate surface area is 140 Å². The van der Waals surface area contributed by atoms with Crippen LogP contribution in [0.4, 0.5) is 5.95 Å². The molecule has 0 spiro atoms. The fourth-order valence-corrected chi connectivity index (χ4v) is 2.59. The molecule has 23 heavy (non-hydrogen) atoms. The molecule has 2 aromatic heterocycles. The fraction of sp³-hybridized carbons (Fsp3) is 0. The number of halogens is 2. The molecule has 0 radical (unpaired) electrons. The molecule has 0 bridgehead atoms. The highest BCUT2D eigenvalue weighted by atomic mass is 35.5. The zero-order valence-electron chi connectivity index (χ0n) is 11.5. The van der Waals surface area contributed by atoms with E-state index >= 15 is 0 Å². The lowest BCUT2D eigenvalue weighted by Gasteiger charge is -2.05. The second kappa shape index (κ2) is 5.91. The first-order valence-electron chi connectivity index (χ1n) is 6.47. The Balaban J connectivity index is 2.21. The van der Waals surface area contributed by atoms with Gasteiger partial charge < -0.3 is 15.8 Å². The van der Waals surface area contributed by atoms with Crippen molar-refractivity contribution in [1.29, 1.82) is 0 Å². The summed E-state index contributed by atoms with van der Waals surface area (Å²) in [5.74, 6) is -1.00. The summed E-state index contributed by atoms with van der Waals surface area (Å²) in [4.78, 5) is 22.5. The summed E-state index contributed by atoms with van der Waals surface area (Å²) in [6.45, 7) is 0. The van der Waals surface area contributed by atoms with E-state index in [0.717, 1.165) is 0 Å². The molecule has 0 saturated carbocycles. The molecule has 0 aliphatic heterocycles. The van der Waals surface area contributed by atoms with Crippen LogP contribution in [0.5, 0.6) is 0 Å². The summed E-state index contributed by atoms with van der Waals surface area (Å²) >= 11 is 12.2. The van der Waals surface area contributed by atoms with Crippen LogP contribution < -0.4 is 5.73 Å². The lowest BCUT2D eigenvalue weighted by atomic mass is 10.1. The number of aromatic amines is 1. The minimum absolute atomic E-state index is 0.0568. The SMILES string of the molecule is Nc1nccc(-c2cc(C(=O)O)c(-c3cccc(Cl)c3Cl)[nH]2)n1. The Morgan fingerprint density at radius 1 is 1.26 bits per heavy atom. The number of aromatic carboxylic acids is 1. The molecule has 0 saturated heterocycles. The predicted octanol–water partition coefficient (Wildman–Crippen LogP) is 3.73. The average molecular weight is 349 g/mol. The van der Waals surface area contributed by atoms with E-state index in [1.165, 1.54) is 12.3 Å². The molecule has 4 N–H and O–H groups in total. The third kappa shape index (κ3) is 2.86. The van der Waals surface area contributed by atoms with Crippen LogP contribution in [0.15, 0.2) is 36.5 Å². The molecule has 0 unspecified atom stereocenters. The number of carboxylic acids is 1.